The summed E-state index contributed by atoms with van der Waals surface area (Å²) >= 11 is 0. The summed E-state index contributed by atoms with van der Waals surface area (Å²) in [6.07, 6.45) is 4.07. The van der Waals surface area contributed by atoms with Crippen LogP contribution in [0.4, 0.5) is 5.69 Å². The number of rotatable bonds is 11. The van der Waals surface area contributed by atoms with Gasteiger partial charge in [0.25, 0.3) is 5.91 Å². The number of ether oxygens (including phenoxy) is 3. The molecule has 1 N–H and O–H groups in total. The predicted octanol–water partition coefficient (Wildman–Crippen LogP) is 5.82. The summed E-state index contributed by atoms with van der Waals surface area (Å²) in [5, 5.41) is 16.4. The molecule has 6 rings (SSSR count). The molecule has 5 aromatic rings. The molecule has 0 atom stereocenters. The molecule has 49 heavy (non-hydrogen) atoms. The van der Waals surface area contributed by atoms with E-state index in [1.807, 2.05) is 19.1 Å². The van der Waals surface area contributed by atoms with Crippen LogP contribution in [0.5, 0.6) is 11.5 Å². The van der Waals surface area contributed by atoms with Gasteiger partial charge in [-0.3, -0.25) is 14.5 Å². The zero-order chi connectivity index (χ0) is 34.5. The summed E-state index contributed by atoms with van der Waals surface area (Å²) < 4.78 is 22.1. The van der Waals surface area contributed by atoms with Gasteiger partial charge in [-0.25, -0.2) is 0 Å². The van der Waals surface area contributed by atoms with Gasteiger partial charge in [0, 0.05) is 31.8 Å². The number of hydrogen-bond donors (Lipinski definition) is 1. The third kappa shape index (κ3) is 7.39. The number of benzene rings is 3. The van der Waals surface area contributed by atoms with Crippen LogP contribution < -0.4 is 20.2 Å². The second kappa shape index (κ2) is 14.6. The molecule has 0 spiro atoms. The van der Waals surface area contributed by atoms with Crippen molar-refractivity contribution >= 4 is 22.6 Å². The van der Waals surface area contributed by atoms with E-state index >= 15 is 0 Å². The lowest BCUT2D eigenvalue weighted by Gasteiger charge is -2.29. The SMILES string of the molecule is CO/C(C)=C/C1=C(C)CN(CCc2ccc(-n3nnc(-c4cc(OC)c(OC)cc4NC(=O)c4cc(=O)c5ccccc5o4)n3)cc2)CC1. The molecule has 12 heteroatoms. The third-order valence-electron chi connectivity index (χ3n) is 8.57. The van der Waals surface area contributed by atoms with Crippen LogP contribution in [-0.4, -0.2) is 72.0 Å². The van der Waals surface area contributed by atoms with Crippen LogP contribution in [0.15, 0.2) is 98.9 Å². The number of nitrogens with one attached hydrogen (secondary N) is 1. The lowest BCUT2D eigenvalue weighted by molar-refractivity contribution is 0.0997. The van der Waals surface area contributed by atoms with Crippen molar-refractivity contribution in [2.75, 3.05) is 46.3 Å². The van der Waals surface area contributed by atoms with E-state index in [1.54, 1.807) is 43.5 Å². The largest absolute Gasteiger partial charge is 0.501 e. The minimum Gasteiger partial charge on any atom is -0.501 e. The van der Waals surface area contributed by atoms with E-state index in [0.29, 0.717) is 33.7 Å². The summed E-state index contributed by atoms with van der Waals surface area (Å²) in [6.45, 7) is 7.09. The normalized spacial score (nSPS) is 13.9. The summed E-state index contributed by atoms with van der Waals surface area (Å²) in [5.41, 5.74) is 5.40. The zero-order valence-corrected chi connectivity index (χ0v) is 28.1. The fraction of sp³-hybridized carbons (Fsp3) is 0.270. The first-order chi connectivity index (χ1) is 23.8. The average molecular weight is 663 g/mol. The number of allylic oxidation sites excluding steroid dienone is 2. The number of nitrogens with zero attached hydrogens (tertiary/aromatic N) is 5. The third-order valence-corrected chi connectivity index (χ3v) is 8.57. The molecule has 1 amide bonds. The highest BCUT2D eigenvalue weighted by Crippen LogP contribution is 2.38. The molecule has 2 aromatic heterocycles. The molecule has 3 heterocycles. The van der Waals surface area contributed by atoms with Crippen molar-refractivity contribution < 1.29 is 23.4 Å². The Morgan fingerprint density at radius 3 is 2.51 bits per heavy atom. The number of carbonyl (C=O) groups excluding carboxylic acids is 1. The molecule has 0 fully saturated rings. The highest BCUT2D eigenvalue weighted by Gasteiger charge is 2.21. The molecular formula is C37H38N6O6. The molecule has 0 aliphatic carbocycles. The smallest absolute Gasteiger partial charge is 0.291 e. The second-order valence-electron chi connectivity index (χ2n) is 11.8. The van der Waals surface area contributed by atoms with Gasteiger partial charge in [-0.05, 0) is 79.4 Å². The molecule has 1 aliphatic rings. The van der Waals surface area contributed by atoms with E-state index in [4.69, 9.17) is 18.6 Å². The maximum atomic E-state index is 13.4. The van der Waals surface area contributed by atoms with E-state index in [0.717, 1.165) is 43.9 Å². The van der Waals surface area contributed by atoms with Crippen LogP contribution >= 0.6 is 0 Å². The number of para-hydroxylation sites is 1. The Balaban J connectivity index is 1.19. The van der Waals surface area contributed by atoms with Gasteiger partial charge < -0.3 is 23.9 Å². The number of aromatic nitrogens is 4. The van der Waals surface area contributed by atoms with Crippen molar-refractivity contribution in [3.63, 3.8) is 0 Å². The van der Waals surface area contributed by atoms with Gasteiger partial charge in [0.1, 0.15) is 5.58 Å². The average Bonchev–Trinajstić information content (AvgIpc) is 3.62. The van der Waals surface area contributed by atoms with Crippen molar-refractivity contribution in [3.8, 4) is 28.6 Å². The van der Waals surface area contributed by atoms with E-state index in [-0.39, 0.29) is 17.0 Å². The quantitative estimate of drug-likeness (QED) is 0.173. The van der Waals surface area contributed by atoms with Crippen molar-refractivity contribution in [3.05, 3.63) is 111 Å². The molecule has 0 radical (unpaired) electrons. The number of fused-ring (bicyclic) bond motifs is 1. The van der Waals surface area contributed by atoms with Gasteiger partial charge >= 0.3 is 0 Å². The number of tetrazole rings is 1. The van der Waals surface area contributed by atoms with Gasteiger partial charge in [-0.2, -0.15) is 0 Å². The Hall–Kier alpha value is -5.75. The fourth-order valence-electron chi connectivity index (χ4n) is 5.78. The highest BCUT2D eigenvalue weighted by atomic mass is 16.5. The minimum atomic E-state index is -0.631. The number of carbonyl (C=O) groups is 1. The molecular weight excluding hydrogens is 624 g/mol. The standard InChI is InChI=1S/C37H38N6O6/c1-23-22-42(17-15-26(23)18-24(2)46-3)16-14-25-10-12-27(13-11-25)43-40-36(39-41-43)29-19-33(47-4)34(48-5)20-30(29)38-37(45)35-21-31(44)28-8-6-7-9-32(28)49-35/h6-13,18-21H,14-17,22H2,1-5H3,(H,38,45)/b24-18+. The maximum Gasteiger partial charge on any atom is 0.291 e. The van der Waals surface area contributed by atoms with Crippen LogP contribution in [0.1, 0.15) is 36.4 Å². The molecule has 3 aromatic carbocycles. The van der Waals surface area contributed by atoms with Gasteiger partial charge in [0.15, 0.2) is 22.7 Å². The molecule has 12 nitrogen and oxygen atoms in total. The summed E-state index contributed by atoms with van der Waals surface area (Å²) in [6, 6.07) is 19.2. The minimum absolute atomic E-state index is 0.146. The first-order valence-electron chi connectivity index (χ1n) is 15.9. The van der Waals surface area contributed by atoms with E-state index in [2.05, 4.69) is 50.8 Å². The number of amides is 1. The zero-order valence-electron chi connectivity index (χ0n) is 28.1. The summed E-state index contributed by atoms with van der Waals surface area (Å²) in [5.74, 6) is 1.18. The van der Waals surface area contributed by atoms with Crippen molar-refractivity contribution in [1.29, 1.82) is 0 Å². The van der Waals surface area contributed by atoms with Crippen molar-refractivity contribution in [2.24, 2.45) is 0 Å². The first-order valence-corrected chi connectivity index (χ1v) is 15.9. The molecule has 0 unspecified atom stereocenters. The summed E-state index contributed by atoms with van der Waals surface area (Å²) in [4.78, 5) is 29.9. The molecule has 252 valence electrons. The van der Waals surface area contributed by atoms with Crippen molar-refractivity contribution in [2.45, 2.75) is 26.7 Å². The lowest BCUT2D eigenvalue weighted by Crippen LogP contribution is -2.32. The Bertz CT molecular complexity index is 2110. The van der Waals surface area contributed by atoms with Crippen LogP contribution in [0.2, 0.25) is 0 Å². The Morgan fingerprint density at radius 2 is 1.78 bits per heavy atom. The van der Waals surface area contributed by atoms with Gasteiger partial charge in [0.2, 0.25) is 5.82 Å². The van der Waals surface area contributed by atoms with Gasteiger partial charge in [-0.1, -0.05) is 29.8 Å². The van der Waals surface area contributed by atoms with Gasteiger partial charge in [-0.15, -0.1) is 15.0 Å². The predicted molar refractivity (Wildman–Crippen MR) is 186 cm³/mol. The number of hydrogen-bond acceptors (Lipinski definition) is 10. The molecule has 1 aliphatic heterocycles. The monoisotopic (exact) mass is 662 g/mol. The Kier molecular flexibility index (Phi) is 9.86. The van der Waals surface area contributed by atoms with Crippen molar-refractivity contribution in [1.82, 2.24) is 25.1 Å². The maximum absolute atomic E-state index is 13.4. The van der Waals surface area contributed by atoms with E-state index < -0.39 is 5.91 Å². The Labute approximate surface area is 283 Å². The van der Waals surface area contributed by atoms with E-state index in [1.165, 1.54) is 41.8 Å². The molecule has 0 bridgehead atoms. The molecule has 0 saturated carbocycles. The van der Waals surface area contributed by atoms with Crippen LogP contribution in [0, 0.1) is 0 Å². The van der Waals surface area contributed by atoms with Gasteiger partial charge in [0.05, 0.1) is 49.4 Å². The fourth-order valence-corrected chi connectivity index (χ4v) is 5.78. The first kappa shape index (κ1) is 33.2. The lowest BCUT2D eigenvalue weighted by atomic mass is 10.00. The van der Waals surface area contributed by atoms with Crippen LogP contribution in [-0.2, 0) is 11.2 Å². The summed E-state index contributed by atoms with van der Waals surface area (Å²) in [7, 11) is 4.71. The highest BCUT2D eigenvalue weighted by molar-refractivity contribution is 6.05. The second-order valence-corrected chi connectivity index (χ2v) is 11.8. The number of methoxy groups -OCH3 is 3. The Morgan fingerprint density at radius 1 is 1.02 bits per heavy atom. The van der Waals surface area contributed by atoms with E-state index in [9.17, 15) is 9.59 Å². The van der Waals surface area contributed by atoms with Crippen LogP contribution in [0.25, 0.3) is 28.0 Å². The topological polar surface area (TPSA) is 134 Å². The van der Waals surface area contributed by atoms with Crippen LogP contribution in [0.3, 0.4) is 0 Å². The molecule has 0 saturated heterocycles. The number of anilines is 1.